The van der Waals surface area contributed by atoms with E-state index in [1.54, 1.807) is 19.1 Å². The molecule has 0 saturated heterocycles. The lowest BCUT2D eigenvalue weighted by Crippen LogP contribution is -2.15. The molecular formula is C11H14O5S. The lowest BCUT2D eigenvalue weighted by atomic mass is 10.1. The van der Waals surface area contributed by atoms with Gasteiger partial charge in [-0.15, -0.1) is 0 Å². The molecule has 1 rings (SSSR count). The first-order valence-electron chi connectivity index (χ1n) is 4.99. The first kappa shape index (κ1) is 13.7. The Hall–Kier alpha value is -1.40. The van der Waals surface area contributed by atoms with Crippen molar-refractivity contribution in [3.05, 3.63) is 34.9 Å². The molecule has 0 radical (unpaired) electrons. The Bertz CT molecular complexity index is 519. The van der Waals surface area contributed by atoms with Crippen LogP contribution in [0.2, 0.25) is 0 Å². The van der Waals surface area contributed by atoms with Crippen LogP contribution in [0, 0.1) is 13.8 Å². The third-order valence-electron chi connectivity index (χ3n) is 2.19. The summed E-state index contributed by atoms with van der Waals surface area (Å²) >= 11 is 0. The van der Waals surface area contributed by atoms with Crippen LogP contribution in [0.15, 0.2) is 18.2 Å². The van der Waals surface area contributed by atoms with Gasteiger partial charge in [0.2, 0.25) is 0 Å². The molecule has 1 N–H and O–H groups in total. The third kappa shape index (κ3) is 4.54. The van der Waals surface area contributed by atoms with Crippen molar-refractivity contribution in [2.75, 3.05) is 12.4 Å². The largest absolute Gasteiger partial charge is 0.461 e. The fourth-order valence-corrected chi connectivity index (χ4v) is 1.57. The smallest absolute Gasteiger partial charge is 0.338 e. The second-order valence-electron chi connectivity index (χ2n) is 3.74. The normalized spacial score (nSPS) is 11.2. The summed E-state index contributed by atoms with van der Waals surface area (Å²) in [6.07, 6.45) is 0. The van der Waals surface area contributed by atoms with Gasteiger partial charge in [0.25, 0.3) is 10.1 Å². The maximum atomic E-state index is 11.6. The van der Waals surface area contributed by atoms with Gasteiger partial charge in [0.05, 0.1) is 5.56 Å². The standard InChI is InChI=1S/C11H14O5S/c1-8-3-4-9(2)10(7-8)11(12)16-5-6-17(13,14)15/h3-4,7H,5-6H2,1-2H3,(H,13,14,15). The molecule has 0 unspecified atom stereocenters. The van der Waals surface area contributed by atoms with Gasteiger partial charge in [0.1, 0.15) is 12.4 Å². The highest BCUT2D eigenvalue weighted by atomic mass is 32.2. The van der Waals surface area contributed by atoms with Gasteiger partial charge in [0.15, 0.2) is 0 Å². The second kappa shape index (κ2) is 5.29. The first-order chi connectivity index (χ1) is 7.79. The summed E-state index contributed by atoms with van der Waals surface area (Å²) in [5, 5.41) is 0. The molecule has 0 saturated carbocycles. The van der Waals surface area contributed by atoms with Crippen LogP contribution in [-0.2, 0) is 14.9 Å². The molecule has 0 amide bonds. The number of esters is 1. The van der Waals surface area contributed by atoms with Gasteiger partial charge in [0, 0.05) is 0 Å². The van der Waals surface area contributed by atoms with Crippen molar-refractivity contribution < 1.29 is 22.5 Å². The van der Waals surface area contributed by atoms with E-state index in [1.165, 1.54) is 0 Å². The number of carbonyl (C=O) groups excluding carboxylic acids is 1. The van der Waals surface area contributed by atoms with Gasteiger partial charge in [-0.3, -0.25) is 4.55 Å². The Morgan fingerprint density at radius 3 is 2.59 bits per heavy atom. The molecule has 0 bridgehead atoms. The lowest BCUT2D eigenvalue weighted by molar-refractivity contribution is 0.0527. The maximum Gasteiger partial charge on any atom is 0.338 e. The molecule has 0 aliphatic rings. The Morgan fingerprint density at radius 2 is 2.00 bits per heavy atom. The molecule has 0 heterocycles. The van der Waals surface area contributed by atoms with E-state index >= 15 is 0 Å². The van der Waals surface area contributed by atoms with E-state index in [-0.39, 0.29) is 6.61 Å². The Labute approximate surface area is 100 Å². The zero-order chi connectivity index (χ0) is 13.1. The molecule has 1 aromatic rings. The van der Waals surface area contributed by atoms with Gasteiger partial charge in [-0.2, -0.15) is 8.42 Å². The number of aryl methyl sites for hydroxylation is 2. The van der Waals surface area contributed by atoms with Crippen LogP contribution in [0.3, 0.4) is 0 Å². The molecule has 0 spiro atoms. The number of hydrogen-bond donors (Lipinski definition) is 1. The topological polar surface area (TPSA) is 80.7 Å². The van der Waals surface area contributed by atoms with Crippen molar-refractivity contribution in [1.29, 1.82) is 0 Å². The Balaban J connectivity index is 2.67. The Kier molecular flexibility index (Phi) is 4.25. The van der Waals surface area contributed by atoms with Crippen molar-refractivity contribution in [3.8, 4) is 0 Å². The molecule has 6 heteroatoms. The molecule has 5 nitrogen and oxygen atoms in total. The highest BCUT2D eigenvalue weighted by molar-refractivity contribution is 7.85. The number of ether oxygens (including phenoxy) is 1. The van der Waals surface area contributed by atoms with E-state index in [0.717, 1.165) is 11.1 Å². The molecule has 1 aromatic carbocycles. The summed E-state index contributed by atoms with van der Waals surface area (Å²) in [6.45, 7) is 3.25. The van der Waals surface area contributed by atoms with E-state index in [4.69, 9.17) is 9.29 Å². The average Bonchev–Trinajstić information content (AvgIpc) is 2.19. The van der Waals surface area contributed by atoms with Crippen LogP contribution >= 0.6 is 0 Å². The van der Waals surface area contributed by atoms with Gasteiger partial charge < -0.3 is 4.74 Å². The summed E-state index contributed by atoms with van der Waals surface area (Å²) in [5.41, 5.74) is 2.07. The number of rotatable bonds is 4. The van der Waals surface area contributed by atoms with E-state index in [2.05, 4.69) is 0 Å². The van der Waals surface area contributed by atoms with Crippen LogP contribution < -0.4 is 0 Å². The SMILES string of the molecule is Cc1ccc(C)c(C(=O)OCCS(=O)(=O)O)c1. The van der Waals surface area contributed by atoms with Crippen molar-refractivity contribution >= 4 is 16.1 Å². The predicted molar refractivity (Wildman–Crippen MR) is 62.6 cm³/mol. The fourth-order valence-electron chi connectivity index (χ4n) is 1.27. The molecule has 0 aliphatic carbocycles. The number of hydrogen-bond acceptors (Lipinski definition) is 4. The average molecular weight is 258 g/mol. The molecule has 0 aliphatic heterocycles. The zero-order valence-corrected chi connectivity index (χ0v) is 10.5. The lowest BCUT2D eigenvalue weighted by Gasteiger charge is -2.07. The van der Waals surface area contributed by atoms with Crippen LogP contribution in [0.4, 0.5) is 0 Å². The van der Waals surface area contributed by atoms with Crippen LogP contribution in [0.5, 0.6) is 0 Å². The highest BCUT2D eigenvalue weighted by Gasteiger charge is 2.12. The second-order valence-corrected chi connectivity index (χ2v) is 5.31. The maximum absolute atomic E-state index is 11.6. The van der Waals surface area contributed by atoms with E-state index < -0.39 is 21.8 Å². The van der Waals surface area contributed by atoms with Gasteiger partial charge in [-0.25, -0.2) is 4.79 Å². The minimum Gasteiger partial charge on any atom is -0.461 e. The molecule has 94 valence electrons. The summed E-state index contributed by atoms with van der Waals surface area (Å²) in [6, 6.07) is 5.32. The van der Waals surface area contributed by atoms with Gasteiger partial charge in [-0.1, -0.05) is 17.7 Å². The summed E-state index contributed by atoms with van der Waals surface area (Å²) in [4.78, 5) is 11.6. The van der Waals surface area contributed by atoms with Crippen LogP contribution in [-0.4, -0.2) is 31.3 Å². The quantitative estimate of drug-likeness (QED) is 0.651. The summed E-state index contributed by atoms with van der Waals surface area (Å²) in [7, 11) is -4.10. The minimum atomic E-state index is -4.10. The minimum absolute atomic E-state index is 0.356. The van der Waals surface area contributed by atoms with Crippen molar-refractivity contribution in [3.63, 3.8) is 0 Å². The zero-order valence-electron chi connectivity index (χ0n) is 9.63. The van der Waals surface area contributed by atoms with E-state index in [9.17, 15) is 13.2 Å². The molecule has 17 heavy (non-hydrogen) atoms. The van der Waals surface area contributed by atoms with Crippen molar-refractivity contribution in [2.45, 2.75) is 13.8 Å². The van der Waals surface area contributed by atoms with E-state index in [0.29, 0.717) is 5.56 Å². The van der Waals surface area contributed by atoms with Gasteiger partial charge in [-0.05, 0) is 25.5 Å². The molecule has 0 aromatic heterocycles. The van der Waals surface area contributed by atoms with Crippen molar-refractivity contribution in [2.24, 2.45) is 0 Å². The number of benzene rings is 1. The molecule has 0 atom stereocenters. The third-order valence-corrected chi connectivity index (χ3v) is 2.87. The molecule has 0 fully saturated rings. The highest BCUT2D eigenvalue weighted by Crippen LogP contribution is 2.11. The Morgan fingerprint density at radius 1 is 1.35 bits per heavy atom. The van der Waals surface area contributed by atoms with Crippen molar-refractivity contribution in [1.82, 2.24) is 0 Å². The van der Waals surface area contributed by atoms with Crippen LogP contribution in [0.25, 0.3) is 0 Å². The first-order valence-corrected chi connectivity index (χ1v) is 6.60. The summed E-state index contributed by atoms with van der Waals surface area (Å²) < 4.78 is 34.1. The van der Waals surface area contributed by atoms with E-state index in [1.807, 2.05) is 13.0 Å². The number of carbonyl (C=O) groups is 1. The van der Waals surface area contributed by atoms with Crippen LogP contribution in [0.1, 0.15) is 21.5 Å². The van der Waals surface area contributed by atoms with Gasteiger partial charge >= 0.3 is 5.97 Å². The predicted octanol–water partition coefficient (Wildman–Crippen LogP) is 1.35. The fraction of sp³-hybridized carbons (Fsp3) is 0.364. The monoisotopic (exact) mass is 258 g/mol. The molecular weight excluding hydrogens is 244 g/mol. The summed E-state index contributed by atoms with van der Waals surface area (Å²) in [5.74, 6) is -1.18.